The van der Waals surface area contributed by atoms with Gasteiger partial charge in [0, 0.05) is 26.2 Å². The van der Waals surface area contributed by atoms with Crippen LogP contribution in [0.5, 0.6) is 0 Å². The van der Waals surface area contributed by atoms with Gasteiger partial charge >= 0.3 is 0 Å². The summed E-state index contributed by atoms with van der Waals surface area (Å²) < 4.78 is 0. The molecule has 0 fully saturated rings. The van der Waals surface area contributed by atoms with Crippen LogP contribution in [0.25, 0.3) is 0 Å². The third-order valence-electron chi connectivity index (χ3n) is 1.42. The Labute approximate surface area is 76.4 Å². The molecule has 0 aromatic rings. The van der Waals surface area contributed by atoms with Crippen molar-refractivity contribution in [3.05, 3.63) is 12.7 Å². The largest absolute Gasteiger partial charge is 0.315 e. The predicted molar refractivity (Wildman–Crippen MR) is 55.4 cm³/mol. The zero-order valence-corrected chi connectivity index (χ0v) is 8.61. The molecule has 72 valence electrons. The van der Waals surface area contributed by atoms with E-state index in [0.717, 1.165) is 26.2 Å². The van der Waals surface area contributed by atoms with Crippen LogP contribution in [0.4, 0.5) is 0 Å². The molecule has 2 N–H and O–H groups in total. The Morgan fingerprint density at radius 2 is 1.75 bits per heavy atom. The van der Waals surface area contributed by atoms with Crippen molar-refractivity contribution in [1.82, 2.24) is 10.6 Å². The summed E-state index contributed by atoms with van der Waals surface area (Å²) >= 11 is 0. The van der Waals surface area contributed by atoms with Crippen LogP contribution >= 0.6 is 0 Å². The Balaban J connectivity index is 3.06. The van der Waals surface area contributed by atoms with E-state index in [1.54, 1.807) is 0 Å². The summed E-state index contributed by atoms with van der Waals surface area (Å²) in [4.78, 5) is 0. The SMILES string of the molecule is C=CCNCCNCC(C)(C)C. The fraction of sp³-hybridized carbons (Fsp3) is 0.800. The van der Waals surface area contributed by atoms with Crippen LogP contribution < -0.4 is 10.6 Å². The van der Waals surface area contributed by atoms with Gasteiger partial charge in [0.2, 0.25) is 0 Å². The Morgan fingerprint density at radius 1 is 1.17 bits per heavy atom. The van der Waals surface area contributed by atoms with E-state index in [9.17, 15) is 0 Å². The minimum atomic E-state index is 0.387. The normalized spacial score (nSPS) is 11.6. The molecule has 0 bridgehead atoms. The molecule has 0 aromatic carbocycles. The lowest BCUT2D eigenvalue weighted by molar-refractivity contribution is 0.380. The topological polar surface area (TPSA) is 24.1 Å². The molecular formula is C10H22N2. The van der Waals surface area contributed by atoms with Crippen molar-refractivity contribution < 1.29 is 0 Å². The van der Waals surface area contributed by atoms with Gasteiger partial charge < -0.3 is 10.6 Å². The molecule has 0 atom stereocenters. The molecule has 2 nitrogen and oxygen atoms in total. The molecule has 2 heteroatoms. The third-order valence-corrected chi connectivity index (χ3v) is 1.42. The van der Waals surface area contributed by atoms with Crippen LogP contribution in [0.3, 0.4) is 0 Å². The summed E-state index contributed by atoms with van der Waals surface area (Å²) in [6.45, 7) is 14.4. The maximum atomic E-state index is 3.63. The first-order chi connectivity index (χ1) is 5.56. The number of hydrogen-bond donors (Lipinski definition) is 2. The highest BCUT2D eigenvalue weighted by Crippen LogP contribution is 2.09. The van der Waals surface area contributed by atoms with Gasteiger partial charge in [0.05, 0.1) is 0 Å². The van der Waals surface area contributed by atoms with Gasteiger partial charge in [0.1, 0.15) is 0 Å². The van der Waals surface area contributed by atoms with Crippen LogP contribution in [-0.2, 0) is 0 Å². The van der Waals surface area contributed by atoms with Crippen LogP contribution in [-0.4, -0.2) is 26.2 Å². The van der Waals surface area contributed by atoms with Crippen LogP contribution in [0, 0.1) is 5.41 Å². The van der Waals surface area contributed by atoms with Gasteiger partial charge in [-0.15, -0.1) is 6.58 Å². The van der Waals surface area contributed by atoms with E-state index in [4.69, 9.17) is 0 Å². The lowest BCUT2D eigenvalue weighted by atomic mass is 9.97. The smallest absolute Gasteiger partial charge is 0.0132 e. The molecule has 0 amide bonds. The Morgan fingerprint density at radius 3 is 2.25 bits per heavy atom. The Kier molecular flexibility index (Phi) is 6.03. The monoisotopic (exact) mass is 170 g/mol. The molecule has 0 aromatic heterocycles. The van der Waals surface area contributed by atoms with E-state index in [1.807, 2.05) is 6.08 Å². The van der Waals surface area contributed by atoms with Crippen molar-refractivity contribution in [1.29, 1.82) is 0 Å². The lowest BCUT2D eigenvalue weighted by Crippen LogP contribution is -2.33. The van der Waals surface area contributed by atoms with Crippen molar-refractivity contribution in [2.24, 2.45) is 5.41 Å². The Bertz CT molecular complexity index is 113. The highest BCUT2D eigenvalue weighted by Gasteiger charge is 2.07. The first-order valence-electron chi connectivity index (χ1n) is 4.58. The number of nitrogens with one attached hydrogen (secondary N) is 2. The van der Waals surface area contributed by atoms with Crippen molar-refractivity contribution in [3.63, 3.8) is 0 Å². The molecule has 0 unspecified atom stereocenters. The first-order valence-corrected chi connectivity index (χ1v) is 4.58. The van der Waals surface area contributed by atoms with Gasteiger partial charge in [-0.3, -0.25) is 0 Å². The van der Waals surface area contributed by atoms with E-state index < -0.39 is 0 Å². The van der Waals surface area contributed by atoms with Crippen LogP contribution in [0.15, 0.2) is 12.7 Å². The van der Waals surface area contributed by atoms with Gasteiger partial charge in [-0.25, -0.2) is 0 Å². The van der Waals surface area contributed by atoms with Gasteiger partial charge in [-0.1, -0.05) is 26.8 Å². The molecule has 0 rings (SSSR count). The molecule has 0 aliphatic heterocycles. The highest BCUT2D eigenvalue weighted by atomic mass is 14.9. The van der Waals surface area contributed by atoms with Gasteiger partial charge in [0.25, 0.3) is 0 Å². The highest BCUT2D eigenvalue weighted by molar-refractivity contribution is 4.70. The summed E-state index contributed by atoms with van der Waals surface area (Å²) in [5.74, 6) is 0. The van der Waals surface area contributed by atoms with Crippen molar-refractivity contribution in [3.8, 4) is 0 Å². The second kappa shape index (κ2) is 6.21. The zero-order chi connectivity index (χ0) is 9.45. The summed E-state index contributed by atoms with van der Waals surface area (Å²) in [6.07, 6.45) is 1.88. The van der Waals surface area contributed by atoms with Crippen molar-refractivity contribution in [2.75, 3.05) is 26.2 Å². The van der Waals surface area contributed by atoms with Crippen molar-refractivity contribution >= 4 is 0 Å². The van der Waals surface area contributed by atoms with E-state index in [1.165, 1.54) is 0 Å². The molecule has 0 aliphatic rings. The average Bonchev–Trinajstić information content (AvgIpc) is 1.94. The van der Waals surface area contributed by atoms with E-state index in [0.29, 0.717) is 5.41 Å². The number of rotatable bonds is 6. The van der Waals surface area contributed by atoms with Gasteiger partial charge in [-0.2, -0.15) is 0 Å². The van der Waals surface area contributed by atoms with Gasteiger partial charge in [-0.05, 0) is 5.41 Å². The predicted octanol–water partition coefficient (Wildman–Crippen LogP) is 1.40. The average molecular weight is 170 g/mol. The maximum Gasteiger partial charge on any atom is 0.0132 e. The summed E-state index contributed by atoms with van der Waals surface area (Å²) in [6, 6.07) is 0. The molecule has 0 aliphatic carbocycles. The zero-order valence-electron chi connectivity index (χ0n) is 8.61. The third kappa shape index (κ3) is 9.66. The molecule has 0 spiro atoms. The fourth-order valence-corrected chi connectivity index (χ4v) is 0.844. The molecule has 0 heterocycles. The van der Waals surface area contributed by atoms with Crippen LogP contribution in [0.2, 0.25) is 0 Å². The molecule has 0 saturated carbocycles. The molecule has 0 radical (unpaired) electrons. The van der Waals surface area contributed by atoms with E-state index in [-0.39, 0.29) is 0 Å². The molecule has 12 heavy (non-hydrogen) atoms. The fourth-order valence-electron chi connectivity index (χ4n) is 0.844. The molecule has 0 saturated heterocycles. The van der Waals surface area contributed by atoms with E-state index >= 15 is 0 Å². The molecular weight excluding hydrogens is 148 g/mol. The lowest BCUT2D eigenvalue weighted by Gasteiger charge is -2.18. The minimum absolute atomic E-state index is 0.387. The first kappa shape index (κ1) is 11.7. The maximum absolute atomic E-state index is 3.63. The van der Waals surface area contributed by atoms with E-state index in [2.05, 4.69) is 38.0 Å². The second-order valence-corrected chi connectivity index (χ2v) is 4.23. The van der Waals surface area contributed by atoms with Crippen molar-refractivity contribution in [2.45, 2.75) is 20.8 Å². The number of hydrogen-bond acceptors (Lipinski definition) is 2. The van der Waals surface area contributed by atoms with Gasteiger partial charge in [0.15, 0.2) is 0 Å². The summed E-state index contributed by atoms with van der Waals surface area (Å²) in [5, 5.41) is 6.63. The second-order valence-electron chi connectivity index (χ2n) is 4.23. The standard InChI is InChI=1S/C10H22N2/c1-5-6-11-7-8-12-9-10(2,3)4/h5,11-12H,1,6-9H2,2-4H3. The summed E-state index contributed by atoms with van der Waals surface area (Å²) in [5.41, 5.74) is 0.387. The quantitative estimate of drug-likeness (QED) is 0.465. The summed E-state index contributed by atoms with van der Waals surface area (Å²) in [7, 11) is 0. The minimum Gasteiger partial charge on any atom is -0.315 e. The Hall–Kier alpha value is -0.340. The van der Waals surface area contributed by atoms with Crippen LogP contribution in [0.1, 0.15) is 20.8 Å².